The number of carbonyl (C=O) groups is 2. The zero-order valence-corrected chi connectivity index (χ0v) is 19.6. The van der Waals surface area contributed by atoms with E-state index in [1.54, 1.807) is 0 Å². The molecule has 2 atom stereocenters. The average molecular weight is 419 g/mol. The van der Waals surface area contributed by atoms with Gasteiger partial charge in [-0.2, -0.15) is 10.2 Å². The van der Waals surface area contributed by atoms with Crippen LogP contribution in [0.2, 0.25) is 0 Å². The van der Waals surface area contributed by atoms with E-state index in [0.717, 1.165) is 64.2 Å². The summed E-state index contributed by atoms with van der Waals surface area (Å²) in [5, 5.41) is 9.23. The van der Waals surface area contributed by atoms with Crippen molar-refractivity contribution in [1.29, 1.82) is 0 Å². The molecule has 0 spiro atoms. The summed E-state index contributed by atoms with van der Waals surface area (Å²) in [4.78, 5) is 25.4. The van der Waals surface area contributed by atoms with Gasteiger partial charge in [-0.3, -0.25) is 9.59 Å². The number of azo groups is 1. The Morgan fingerprint density at radius 3 is 2.13 bits per heavy atom. The number of ketones is 2. The summed E-state index contributed by atoms with van der Waals surface area (Å²) in [7, 11) is 0. The van der Waals surface area contributed by atoms with Gasteiger partial charge in [0.2, 0.25) is 0 Å². The molecule has 172 valence electrons. The molecule has 0 aliphatic heterocycles. The van der Waals surface area contributed by atoms with E-state index in [-0.39, 0.29) is 17.6 Å². The van der Waals surface area contributed by atoms with Gasteiger partial charge in [-0.15, -0.1) is 0 Å². The molecule has 2 aliphatic carbocycles. The van der Waals surface area contributed by atoms with Crippen LogP contribution >= 0.6 is 0 Å². The first kappa shape index (κ1) is 25.2. The second-order valence-electron chi connectivity index (χ2n) is 9.74. The first-order valence-electron chi connectivity index (χ1n) is 13.2. The van der Waals surface area contributed by atoms with Crippen LogP contribution in [0.25, 0.3) is 0 Å². The molecule has 2 aliphatic rings. The Kier molecular flexibility index (Phi) is 12.5. The van der Waals surface area contributed by atoms with Crippen molar-refractivity contribution in [2.24, 2.45) is 10.2 Å². The summed E-state index contributed by atoms with van der Waals surface area (Å²) in [6.45, 7) is 2.26. The first-order valence-corrected chi connectivity index (χ1v) is 13.2. The van der Waals surface area contributed by atoms with Crippen molar-refractivity contribution in [3.8, 4) is 0 Å². The third-order valence-electron chi connectivity index (χ3n) is 7.12. The molecule has 0 amide bonds. The molecule has 0 aromatic rings. The number of unbranched alkanes of at least 4 members (excludes halogenated alkanes) is 9. The third-order valence-corrected chi connectivity index (χ3v) is 7.12. The maximum atomic E-state index is 13.0. The maximum Gasteiger partial charge on any atom is 0.162 e. The Hall–Kier alpha value is -1.06. The van der Waals surface area contributed by atoms with Gasteiger partial charge in [0.15, 0.2) is 11.6 Å². The standard InChI is InChI=1S/C26H46N2O2/c1-2-3-4-5-6-7-8-9-10-16-21-26(22-17-12-15-20-25(26)30)28-27-23-18-13-11-14-19-24(23)29/h23H,2-22H2,1H3. The topological polar surface area (TPSA) is 58.9 Å². The molecule has 2 rings (SSSR count). The highest BCUT2D eigenvalue weighted by Gasteiger charge is 2.39. The minimum Gasteiger partial charge on any atom is -0.297 e. The van der Waals surface area contributed by atoms with Gasteiger partial charge in [0.05, 0.1) is 0 Å². The van der Waals surface area contributed by atoms with Gasteiger partial charge in [-0.25, -0.2) is 0 Å². The van der Waals surface area contributed by atoms with Crippen LogP contribution < -0.4 is 0 Å². The molecule has 0 N–H and O–H groups in total. The van der Waals surface area contributed by atoms with Crippen LogP contribution in [0.15, 0.2) is 10.2 Å². The van der Waals surface area contributed by atoms with Crippen LogP contribution in [0.1, 0.15) is 142 Å². The fourth-order valence-electron chi connectivity index (χ4n) is 5.02. The van der Waals surface area contributed by atoms with Crippen molar-refractivity contribution in [1.82, 2.24) is 0 Å². The van der Waals surface area contributed by atoms with E-state index in [0.29, 0.717) is 12.8 Å². The SMILES string of the molecule is CCCCCCCCCCCCC1(N=NC2CCCCCC2=O)CCCCCC1=O. The van der Waals surface area contributed by atoms with E-state index in [9.17, 15) is 9.59 Å². The van der Waals surface area contributed by atoms with Gasteiger partial charge in [0.1, 0.15) is 11.6 Å². The lowest BCUT2D eigenvalue weighted by Gasteiger charge is -2.26. The summed E-state index contributed by atoms with van der Waals surface area (Å²) in [6, 6.07) is -0.298. The van der Waals surface area contributed by atoms with E-state index in [2.05, 4.69) is 12.0 Å². The Labute approximate surface area is 185 Å². The summed E-state index contributed by atoms with van der Waals surface area (Å²) >= 11 is 0. The Morgan fingerprint density at radius 2 is 1.40 bits per heavy atom. The minimum absolute atomic E-state index is 0.228. The molecular weight excluding hydrogens is 372 g/mol. The molecular formula is C26H46N2O2. The molecule has 4 heteroatoms. The predicted octanol–water partition coefficient (Wildman–Crippen LogP) is 7.92. The largest absolute Gasteiger partial charge is 0.297 e. The van der Waals surface area contributed by atoms with Crippen molar-refractivity contribution in [3.63, 3.8) is 0 Å². The summed E-state index contributed by atoms with van der Waals surface area (Å²) in [5.41, 5.74) is -0.636. The van der Waals surface area contributed by atoms with Gasteiger partial charge >= 0.3 is 0 Å². The number of carbonyl (C=O) groups excluding carboxylic acids is 2. The highest BCUT2D eigenvalue weighted by Crippen LogP contribution is 2.34. The van der Waals surface area contributed by atoms with Gasteiger partial charge in [-0.05, 0) is 32.1 Å². The maximum absolute atomic E-state index is 13.0. The molecule has 0 radical (unpaired) electrons. The number of Topliss-reactive ketones (excluding diaryl/α,β-unsaturated/α-hetero) is 2. The third kappa shape index (κ3) is 8.98. The van der Waals surface area contributed by atoms with E-state index >= 15 is 0 Å². The molecule has 2 fully saturated rings. The molecule has 0 saturated heterocycles. The second-order valence-corrected chi connectivity index (χ2v) is 9.74. The van der Waals surface area contributed by atoms with Gasteiger partial charge in [0, 0.05) is 12.8 Å². The lowest BCUT2D eigenvalue weighted by Crippen LogP contribution is -2.36. The summed E-state index contributed by atoms with van der Waals surface area (Å²) < 4.78 is 0. The molecule has 30 heavy (non-hydrogen) atoms. The van der Waals surface area contributed by atoms with E-state index in [1.807, 2.05) is 0 Å². The van der Waals surface area contributed by atoms with Crippen molar-refractivity contribution in [3.05, 3.63) is 0 Å². The van der Waals surface area contributed by atoms with Crippen molar-refractivity contribution >= 4 is 11.6 Å². The van der Waals surface area contributed by atoms with Crippen LogP contribution in [-0.4, -0.2) is 23.1 Å². The highest BCUT2D eigenvalue weighted by atomic mass is 16.1. The number of rotatable bonds is 13. The summed E-state index contributed by atoms with van der Waals surface area (Å²) in [5.74, 6) is 0.507. The highest BCUT2D eigenvalue weighted by molar-refractivity contribution is 5.89. The van der Waals surface area contributed by atoms with Gasteiger partial charge < -0.3 is 0 Å². The Morgan fingerprint density at radius 1 is 0.767 bits per heavy atom. The monoisotopic (exact) mass is 418 g/mol. The zero-order valence-electron chi connectivity index (χ0n) is 19.6. The van der Waals surface area contributed by atoms with Crippen molar-refractivity contribution in [2.45, 2.75) is 153 Å². The molecule has 0 aromatic carbocycles. The Bertz CT molecular complexity index is 531. The molecule has 2 saturated carbocycles. The molecule has 0 aromatic heterocycles. The van der Waals surface area contributed by atoms with Crippen LogP contribution in [0.4, 0.5) is 0 Å². The normalized spacial score (nSPS) is 26.1. The predicted molar refractivity (Wildman–Crippen MR) is 124 cm³/mol. The molecule has 0 bridgehead atoms. The van der Waals surface area contributed by atoms with Crippen molar-refractivity contribution < 1.29 is 9.59 Å². The zero-order chi connectivity index (χ0) is 21.5. The number of hydrogen-bond acceptors (Lipinski definition) is 4. The van der Waals surface area contributed by atoms with Crippen LogP contribution in [0, 0.1) is 0 Å². The lowest BCUT2D eigenvalue weighted by molar-refractivity contribution is -0.125. The lowest BCUT2D eigenvalue weighted by atomic mass is 9.84. The van der Waals surface area contributed by atoms with E-state index < -0.39 is 5.54 Å². The second kappa shape index (κ2) is 14.9. The summed E-state index contributed by atoms with van der Waals surface area (Å²) in [6.07, 6.45) is 23.0. The smallest absolute Gasteiger partial charge is 0.162 e. The Balaban J connectivity index is 1.82. The molecule has 4 nitrogen and oxygen atoms in total. The van der Waals surface area contributed by atoms with Crippen LogP contribution in [0.5, 0.6) is 0 Å². The number of hydrogen-bond donors (Lipinski definition) is 0. The fourth-order valence-corrected chi connectivity index (χ4v) is 5.02. The van der Waals surface area contributed by atoms with Crippen LogP contribution in [0.3, 0.4) is 0 Å². The van der Waals surface area contributed by atoms with E-state index in [1.165, 1.54) is 57.8 Å². The quantitative estimate of drug-likeness (QED) is 0.173. The minimum atomic E-state index is -0.636. The van der Waals surface area contributed by atoms with Gasteiger partial charge in [-0.1, -0.05) is 96.8 Å². The molecule has 2 unspecified atom stereocenters. The van der Waals surface area contributed by atoms with E-state index in [4.69, 9.17) is 5.11 Å². The van der Waals surface area contributed by atoms with Gasteiger partial charge in [0.25, 0.3) is 0 Å². The number of nitrogens with zero attached hydrogens (tertiary/aromatic N) is 2. The van der Waals surface area contributed by atoms with Crippen molar-refractivity contribution in [2.75, 3.05) is 0 Å². The fraction of sp³-hybridized carbons (Fsp3) is 0.923. The average Bonchev–Trinajstić information content (AvgIpc) is 3.06. The van der Waals surface area contributed by atoms with Crippen LogP contribution in [-0.2, 0) is 9.59 Å². The first-order chi connectivity index (χ1) is 14.7. The molecule has 0 heterocycles.